The van der Waals surface area contributed by atoms with Crippen LogP contribution in [0.4, 0.5) is 13.2 Å². The molecule has 1 fully saturated rings. The topological polar surface area (TPSA) is 46.3 Å². The SMILES string of the molecule is CC(N)C1CCCN(C(=O)CSC(F)(F)F)C1.Cl. The van der Waals surface area contributed by atoms with E-state index in [1.165, 1.54) is 4.90 Å². The second kappa shape index (κ2) is 7.45. The van der Waals surface area contributed by atoms with E-state index in [4.69, 9.17) is 5.73 Å². The van der Waals surface area contributed by atoms with E-state index in [2.05, 4.69) is 0 Å². The van der Waals surface area contributed by atoms with Gasteiger partial charge in [-0.2, -0.15) is 13.2 Å². The largest absolute Gasteiger partial charge is 0.442 e. The molecule has 1 rings (SSSR count). The van der Waals surface area contributed by atoms with Gasteiger partial charge >= 0.3 is 5.51 Å². The summed E-state index contributed by atoms with van der Waals surface area (Å²) in [4.78, 5) is 13.1. The fraction of sp³-hybridized carbons (Fsp3) is 0.900. The summed E-state index contributed by atoms with van der Waals surface area (Å²) in [6.45, 7) is 2.89. The number of carbonyl (C=O) groups excluding carboxylic acids is 1. The van der Waals surface area contributed by atoms with E-state index in [0.717, 1.165) is 12.8 Å². The van der Waals surface area contributed by atoms with Gasteiger partial charge in [-0.3, -0.25) is 4.79 Å². The second-order valence-electron chi connectivity index (χ2n) is 4.34. The Balaban J connectivity index is 0.00000289. The molecule has 1 aliphatic rings. The lowest BCUT2D eigenvalue weighted by Gasteiger charge is -2.34. The summed E-state index contributed by atoms with van der Waals surface area (Å²) >= 11 is -0.278. The first-order valence-corrected chi connectivity index (χ1v) is 6.52. The van der Waals surface area contributed by atoms with Crippen LogP contribution in [0.1, 0.15) is 19.8 Å². The standard InChI is InChI=1S/C10H17F3N2OS.ClH/c1-7(14)8-3-2-4-15(5-8)9(16)6-17-10(11,12)13;/h7-8H,2-6,14H2,1H3;1H. The molecule has 2 atom stereocenters. The predicted octanol–water partition coefficient (Wildman–Crippen LogP) is 2.25. The van der Waals surface area contributed by atoms with E-state index in [9.17, 15) is 18.0 Å². The Morgan fingerprint density at radius 2 is 2.17 bits per heavy atom. The maximum absolute atomic E-state index is 12.0. The van der Waals surface area contributed by atoms with E-state index in [1.807, 2.05) is 6.92 Å². The summed E-state index contributed by atoms with van der Waals surface area (Å²) < 4.78 is 35.9. The molecule has 3 nitrogen and oxygen atoms in total. The minimum Gasteiger partial charge on any atom is -0.342 e. The molecule has 0 saturated carbocycles. The Hall–Kier alpha value is -0.140. The molecule has 0 bridgehead atoms. The van der Waals surface area contributed by atoms with E-state index in [0.29, 0.717) is 13.1 Å². The molecule has 0 radical (unpaired) electrons. The number of piperidine rings is 1. The molecule has 0 aromatic carbocycles. The lowest BCUT2D eigenvalue weighted by molar-refractivity contribution is -0.130. The van der Waals surface area contributed by atoms with Gasteiger partial charge in [0.15, 0.2) is 0 Å². The highest BCUT2D eigenvalue weighted by Gasteiger charge is 2.32. The lowest BCUT2D eigenvalue weighted by atomic mass is 9.92. The number of amides is 1. The Morgan fingerprint density at radius 3 is 2.67 bits per heavy atom. The fourth-order valence-electron chi connectivity index (χ4n) is 1.90. The number of nitrogens with zero attached hydrogens (tertiary/aromatic N) is 1. The first-order valence-electron chi connectivity index (χ1n) is 5.53. The van der Waals surface area contributed by atoms with Gasteiger partial charge in [0.1, 0.15) is 0 Å². The second-order valence-corrected chi connectivity index (χ2v) is 5.38. The molecule has 0 spiro atoms. The van der Waals surface area contributed by atoms with Crippen molar-refractivity contribution in [2.75, 3.05) is 18.8 Å². The number of hydrogen-bond acceptors (Lipinski definition) is 3. The summed E-state index contributed by atoms with van der Waals surface area (Å²) in [7, 11) is 0. The Morgan fingerprint density at radius 1 is 1.56 bits per heavy atom. The molecular formula is C10H18ClF3N2OS. The monoisotopic (exact) mass is 306 g/mol. The van der Waals surface area contributed by atoms with Crippen molar-refractivity contribution in [3.05, 3.63) is 0 Å². The van der Waals surface area contributed by atoms with Gasteiger partial charge < -0.3 is 10.6 Å². The van der Waals surface area contributed by atoms with Crippen molar-refractivity contribution in [2.45, 2.75) is 31.3 Å². The number of alkyl halides is 3. The summed E-state index contributed by atoms with van der Waals surface area (Å²) in [5.74, 6) is -0.781. The van der Waals surface area contributed by atoms with Gasteiger partial charge in [-0.05, 0) is 37.4 Å². The minimum atomic E-state index is -4.34. The Kier molecular flexibility index (Phi) is 7.39. The number of rotatable bonds is 3. The van der Waals surface area contributed by atoms with Crippen molar-refractivity contribution in [3.63, 3.8) is 0 Å². The zero-order valence-electron chi connectivity index (χ0n) is 10.1. The van der Waals surface area contributed by atoms with Crippen molar-refractivity contribution in [2.24, 2.45) is 11.7 Å². The van der Waals surface area contributed by atoms with Gasteiger partial charge in [0.2, 0.25) is 5.91 Å². The van der Waals surface area contributed by atoms with Crippen molar-refractivity contribution in [1.82, 2.24) is 4.90 Å². The maximum Gasteiger partial charge on any atom is 0.442 e. The van der Waals surface area contributed by atoms with Crippen LogP contribution in [-0.4, -0.2) is 41.2 Å². The van der Waals surface area contributed by atoms with Crippen LogP contribution in [0.15, 0.2) is 0 Å². The zero-order chi connectivity index (χ0) is 13.1. The van der Waals surface area contributed by atoms with Crippen molar-refractivity contribution >= 4 is 30.1 Å². The Labute approximate surface area is 115 Å². The molecule has 18 heavy (non-hydrogen) atoms. The van der Waals surface area contributed by atoms with Gasteiger partial charge in [0, 0.05) is 19.1 Å². The molecule has 0 aromatic rings. The van der Waals surface area contributed by atoms with E-state index >= 15 is 0 Å². The highest BCUT2D eigenvalue weighted by atomic mass is 35.5. The summed E-state index contributed by atoms with van der Waals surface area (Å²) in [5, 5.41) is 0. The molecule has 0 aromatic heterocycles. The van der Waals surface area contributed by atoms with Crippen LogP contribution >= 0.6 is 24.2 Å². The molecule has 1 saturated heterocycles. The van der Waals surface area contributed by atoms with Crippen LogP contribution in [0.2, 0.25) is 0 Å². The van der Waals surface area contributed by atoms with Crippen molar-refractivity contribution in [3.8, 4) is 0 Å². The molecule has 8 heteroatoms. The van der Waals surface area contributed by atoms with Gasteiger partial charge in [-0.1, -0.05) is 0 Å². The van der Waals surface area contributed by atoms with Gasteiger partial charge in [-0.15, -0.1) is 12.4 Å². The van der Waals surface area contributed by atoms with Crippen LogP contribution in [-0.2, 0) is 4.79 Å². The third kappa shape index (κ3) is 6.15. The van der Waals surface area contributed by atoms with Crippen LogP contribution in [0.25, 0.3) is 0 Å². The first kappa shape index (κ1) is 17.9. The molecular weight excluding hydrogens is 289 g/mol. The number of nitrogens with two attached hydrogens (primary N) is 1. The van der Waals surface area contributed by atoms with Crippen LogP contribution < -0.4 is 5.73 Å². The van der Waals surface area contributed by atoms with Crippen LogP contribution in [0.5, 0.6) is 0 Å². The van der Waals surface area contributed by atoms with Gasteiger partial charge in [0.25, 0.3) is 0 Å². The summed E-state index contributed by atoms with van der Waals surface area (Å²) in [6.07, 6.45) is 1.75. The zero-order valence-corrected chi connectivity index (χ0v) is 11.7. The van der Waals surface area contributed by atoms with Gasteiger partial charge in [-0.25, -0.2) is 0 Å². The smallest absolute Gasteiger partial charge is 0.342 e. The highest BCUT2D eigenvalue weighted by Crippen LogP contribution is 2.30. The fourth-order valence-corrected chi connectivity index (χ4v) is 2.37. The predicted molar refractivity (Wildman–Crippen MR) is 68.7 cm³/mol. The number of carbonyl (C=O) groups is 1. The number of likely N-dealkylation sites (tertiary alicyclic amines) is 1. The molecule has 0 aliphatic carbocycles. The van der Waals surface area contributed by atoms with Crippen LogP contribution in [0.3, 0.4) is 0 Å². The highest BCUT2D eigenvalue weighted by molar-refractivity contribution is 8.00. The van der Waals surface area contributed by atoms with Crippen LogP contribution in [0, 0.1) is 5.92 Å². The number of hydrogen-bond donors (Lipinski definition) is 1. The lowest BCUT2D eigenvalue weighted by Crippen LogP contribution is -2.45. The summed E-state index contributed by atoms with van der Waals surface area (Å²) in [6, 6.07) is -0.0270. The van der Waals surface area contributed by atoms with E-state index < -0.39 is 17.2 Å². The molecule has 2 unspecified atom stereocenters. The maximum atomic E-state index is 12.0. The molecule has 1 amide bonds. The minimum absolute atomic E-state index is 0. The first-order chi connectivity index (χ1) is 7.79. The third-order valence-corrected chi connectivity index (χ3v) is 3.63. The quantitative estimate of drug-likeness (QED) is 0.870. The van der Waals surface area contributed by atoms with E-state index in [-0.39, 0.29) is 36.1 Å². The number of halogens is 4. The number of thioether (sulfide) groups is 1. The molecule has 2 N–H and O–H groups in total. The van der Waals surface area contributed by atoms with Crippen molar-refractivity contribution in [1.29, 1.82) is 0 Å². The molecule has 108 valence electrons. The average Bonchev–Trinajstić information content (AvgIpc) is 2.25. The Bertz CT molecular complexity index is 276. The normalized spacial score (nSPS) is 22.3. The van der Waals surface area contributed by atoms with Gasteiger partial charge in [0.05, 0.1) is 5.75 Å². The third-order valence-electron chi connectivity index (χ3n) is 2.91. The molecule has 1 heterocycles. The van der Waals surface area contributed by atoms with Crippen molar-refractivity contribution < 1.29 is 18.0 Å². The average molecular weight is 307 g/mol. The van der Waals surface area contributed by atoms with E-state index in [1.54, 1.807) is 0 Å². The molecule has 1 aliphatic heterocycles. The summed E-state index contributed by atoms with van der Waals surface area (Å²) in [5.41, 5.74) is 1.41.